The third-order valence-corrected chi connectivity index (χ3v) is 5.92. The zero-order valence-corrected chi connectivity index (χ0v) is 19.0. The van der Waals surface area contributed by atoms with Crippen molar-refractivity contribution in [2.75, 3.05) is 13.2 Å². The monoisotopic (exact) mass is 434 g/mol. The summed E-state index contributed by atoms with van der Waals surface area (Å²) in [5, 5.41) is 19.3. The summed E-state index contributed by atoms with van der Waals surface area (Å²) in [6.07, 6.45) is 8.28. The first-order chi connectivity index (χ1) is 14.9. The van der Waals surface area contributed by atoms with Gasteiger partial charge in [0.2, 0.25) is 5.91 Å². The van der Waals surface area contributed by atoms with Crippen LogP contribution in [0, 0.1) is 5.92 Å². The van der Waals surface area contributed by atoms with Crippen LogP contribution in [0.1, 0.15) is 77.3 Å². The number of aliphatic hydroxyl groups is 1. The number of hydrogen-bond donors (Lipinski definition) is 2. The minimum absolute atomic E-state index is 0.172. The van der Waals surface area contributed by atoms with Crippen LogP contribution in [0.25, 0.3) is 0 Å². The molecule has 2 rings (SSSR count). The molecule has 0 aliphatic carbocycles. The summed E-state index contributed by atoms with van der Waals surface area (Å²) in [6.45, 7) is 5.37. The van der Waals surface area contributed by atoms with Crippen LogP contribution in [0.5, 0.6) is 5.75 Å². The van der Waals surface area contributed by atoms with E-state index in [2.05, 4.69) is 11.9 Å². The van der Waals surface area contributed by atoms with E-state index in [9.17, 15) is 14.7 Å². The summed E-state index contributed by atoms with van der Waals surface area (Å²) in [5.74, 6) is 0.528. The molecule has 7 heteroatoms. The van der Waals surface area contributed by atoms with E-state index < -0.39 is 12.1 Å². The molecule has 0 bridgehead atoms. The molecular weight excluding hydrogens is 396 g/mol. The molecule has 31 heavy (non-hydrogen) atoms. The Kier molecular flexibility index (Phi) is 10.8. The van der Waals surface area contributed by atoms with Crippen LogP contribution in [-0.4, -0.2) is 57.3 Å². The fourth-order valence-electron chi connectivity index (χ4n) is 4.25. The molecule has 7 nitrogen and oxygen atoms in total. The number of ether oxygens (including phenoxy) is 1. The van der Waals surface area contributed by atoms with Crippen molar-refractivity contribution >= 4 is 11.9 Å². The van der Waals surface area contributed by atoms with E-state index in [4.69, 9.17) is 9.84 Å². The molecule has 1 amide bonds. The molecule has 0 radical (unpaired) electrons. The van der Waals surface area contributed by atoms with Crippen molar-refractivity contribution in [3.05, 3.63) is 24.0 Å². The van der Waals surface area contributed by atoms with E-state index in [0.717, 1.165) is 43.5 Å². The SMILES string of the molecule is CCOc1ccc(CC(O)CC[C@H]2CCCC(=O)N2C[C@@H](C)CCCCC(=O)O)nc1. The Morgan fingerprint density at radius 1 is 1.32 bits per heavy atom. The summed E-state index contributed by atoms with van der Waals surface area (Å²) in [4.78, 5) is 29.6. The van der Waals surface area contributed by atoms with E-state index in [1.165, 1.54) is 0 Å². The van der Waals surface area contributed by atoms with Crippen molar-refractivity contribution in [3.63, 3.8) is 0 Å². The van der Waals surface area contributed by atoms with Gasteiger partial charge in [-0.3, -0.25) is 14.6 Å². The minimum Gasteiger partial charge on any atom is -0.492 e. The molecule has 1 aliphatic heterocycles. The number of nitrogens with zero attached hydrogens (tertiary/aromatic N) is 2. The van der Waals surface area contributed by atoms with Crippen molar-refractivity contribution < 1.29 is 24.5 Å². The maximum atomic E-state index is 12.5. The van der Waals surface area contributed by atoms with Crippen molar-refractivity contribution in [1.29, 1.82) is 0 Å². The molecule has 0 saturated carbocycles. The van der Waals surface area contributed by atoms with Gasteiger partial charge >= 0.3 is 5.97 Å². The Labute approximate surface area is 185 Å². The summed E-state index contributed by atoms with van der Waals surface area (Å²) in [6, 6.07) is 3.93. The number of unbranched alkanes of at least 4 members (excludes halogenated alkanes) is 1. The lowest BCUT2D eigenvalue weighted by atomic mass is 9.93. The lowest BCUT2D eigenvalue weighted by Crippen LogP contribution is -2.46. The van der Waals surface area contributed by atoms with Crippen LogP contribution in [0.3, 0.4) is 0 Å². The lowest BCUT2D eigenvalue weighted by Gasteiger charge is -2.38. The van der Waals surface area contributed by atoms with Gasteiger partial charge in [-0.25, -0.2) is 0 Å². The fraction of sp³-hybridized carbons (Fsp3) is 0.708. The second-order valence-electron chi connectivity index (χ2n) is 8.69. The Balaban J connectivity index is 1.79. The standard InChI is InChI=1S/C24H38N2O5/c1-3-31-22-14-11-19(25-16-22)15-21(27)13-12-20-8-6-9-23(28)26(20)17-18(2)7-4-5-10-24(29)30/h11,14,16,18,20-21,27H,3-10,12-13,15,17H2,1-2H3,(H,29,30)/t18-,20+,21?/m0/s1. The Morgan fingerprint density at radius 2 is 2.13 bits per heavy atom. The molecule has 1 aromatic heterocycles. The number of aromatic nitrogens is 1. The van der Waals surface area contributed by atoms with Crippen LogP contribution in [0.4, 0.5) is 0 Å². The molecular formula is C24H38N2O5. The maximum Gasteiger partial charge on any atom is 0.303 e. The van der Waals surface area contributed by atoms with Gasteiger partial charge in [-0.2, -0.15) is 0 Å². The van der Waals surface area contributed by atoms with Gasteiger partial charge in [0.05, 0.1) is 18.9 Å². The van der Waals surface area contributed by atoms with E-state index in [1.807, 2.05) is 24.0 Å². The Morgan fingerprint density at radius 3 is 2.81 bits per heavy atom. The lowest BCUT2D eigenvalue weighted by molar-refractivity contribution is -0.138. The largest absolute Gasteiger partial charge is 0.492 e. The zero-order chi connectivity index (χ0) is 22.6. The smallest absolute Gasteiger partial charge is 0.303 e. The predicted octanol–water partition coefficient (Wildman–Crippen LogP) is 3.83. The quantitative estimate of drug-likeness (QED) is 0.432. The summed E-state index contributed by atoms with van der Waals surface area (Å²) < 4.78 is 5.40. The first kappa shape index (κ1) is 25.1. The second-order valence-corrected chi connectivity index (χ2v) is 8.69. The fourth-order valence-corrected chi connectivity index (χ4v) is 4.25. The highest BCUT2D eigenvalue weighted by Gasteiger charge is 2.29. The van der Waals surface area contributed by atoms with Gasteiger partial charge in [0.15, 0.2) is 0 Å². The van der Waals surface area contributed by atoms with Crippen molar-refractivity contribution in [1.82, 2.24) is 9.88 Å². The van der Waals surface area contributed by atoms with Crippen LogP contribution in [0.2, 0.25) is 0 Å². The van der Waals surface area contributed by atoms with E-state index in [-0.39, 0.29) is 18.4 Å². The normalized spacial score (nSPS) is 18.6. The highest BCUT2D eigenvalue weighted by Crippen LogP contribution is 2.25. The summed E-state index contributed by atoms with van der Waals surface area (Å²) in [5.41, 5.74) is 0.836. The van der Waals surface area contributed by atoms with Gasteiger partial charge in [0, 0.05) is 37.5 Å². The highest BCUT2D eigenvalue weighted by molar-refractivity contribution is 5.77. The molecule has 2 heterocycles. The van der Waals surface area contributed by atoms with E-state index in [0.29, 0.717) is 44.8 Å². The molecule has 3 atom stereocenters. The average molecular weight is 435 g/mol. The number of likely N-dealkylation sites (tertiary alicyclic amines) is 1. The van der Waals surface area contributed by atoms with Crippen LogP contribution in [-0.2, 0) is 16.0 Å². The molecule has 174 valence electrons. The number of hydrogen-bond acceptors (Lipinski definition) is 5. The van der Waals surface area contributed by atoms with Crippen LogP contribution >= 0.6 is 0 Å². The minimum atomic E-state index is -0.752. The van der Waals surface area contributed by atoms with Crippen molar-refractivity contribution in [2.24, 2.45) is 5.92 Å². The second kappa shape index (κ2) is 13.3. The van der Waals surface area contributed by atoms with Gasteiger partial charge in [0.25, 0.3) is 0 Å². The molecule has 1 fully saturated rings. The van der Waals surface area contributed by atoms with Crippen LogP contribution < -0.4 is 4.74 Å². The molecule has 1 unspecified atom stereocenters. The third kappa shape index (κ3) is 9.25. The molecule has 0 aromatic carbocycles. The molecule has 1 aliphatic rings. The number of carbonyl (C=O) groups excluding carboxylic acids is 1. The number of aliphatic hydroxyl groups excluding tert-OH is 1. The highest BCUT2D eigenvalue weighted by atomic mass is 16.5. The molecule has 2 N–H and O–H groups in total. The van der Waals surface area contributed by atoms with E-state index in [1.54, 1.807) is 6.20 Å². The number of carboxylic acids is 1. The molecule has 0 spiro atoms. The number of rotatable bonds is 14. The third-order valence-electron chi connectivity index (χ3n) is 5.92. The molecule has 1 aromatic rings. The molecule has 1 saturated heterocycles. The summed E-state index contributed by atoms with van der Waals surface area (Å²) in [7, 11) is 0. The van der Waals surface area contributed by atoms with E-state index >= 15 is 0 Å². The zero-order valence-electron chi connectivity index (χ0n) is 19.0. The number of amides is 1. The van der Waals surface area contributed by atoms with Gasteiger partial charge in [0.1, 0.15) is 5.75 Å². The maximum absolute atomic E-state index is 12.5. The van der Waals surface area contributed by atoms with Gasteiger partial charge < -0.3 is 19.8 Å². The number of carboxylic acid groups (broad SMARTS) is 1. The first-order valence-electron chi connectivity index (χ1n) is 11.7. The van der Waals surface area contributed by atoms with Gasteiger partial charge in [-0.05, 0) is 63.5 Å². The topological polar surface area (TPSA) is 100.0 Å². The number of piperidine rings is 1. The first-order valence-corrected chi connectivity index (χ1v) is 11.7. The Hall–Kier alpha value is -2.15. The van der Waals surface area contributed by atoms with Gasteiger partial charge in [-0.15, -0.1) is 0 Å². The van der Waals surface area contributed by atoms with Crippen molar-refractivity contribution in [3.8, 4) is 5.75 Å². The number of carbonyl (C=O) groups is 2. The van der Waals surface area contributed by atoms with Gasteiger partial charge in [-0.1, -0.05) is 13.3 Å². The summed E-state index contributed by atoms with van der Waals surface area (Å²) >= 11 is 0. The Bertz CT molecular complexity index is 679. The number of aliphatic carboxylic acids is 1. The van der Waals surface area contributed by atoms with Crippen LogP contribution in [0.15, 0.2) is 18.3 Å². The predicted molar refractivity (Wildman–Crippen MR) is 119 cm³/mol. The van der Waals surface area contributed by atoms with Crippen molar-refractivity contribution in [2.45, 2.75) is 90.2 Å². The average Bonchev–Trinajstić information content (AvgIpc) is 2.73. The number of pyridine rings is 1.